The number of hydrogen-bond donors (Lipinski definition) is 1. The van der Waals surface area contributed by atoms with Crippen LogP contribution < -0.4 is 10.2 Å². The van der Waals surface area contributed by atoms with Crippen LogP contribution in [0.1, 0.15) is 16.1 Å². The first-order valence-electron chi connectivity index (χ1n) is 10.9. The Morgan fingerprint density at radius 1 is 0.844 bits per heavy atom. The number of aryl methyl sites for hydroxylation is 1. The number of nitrogens with one attached hydrogen (secondary N) is 1. The number of carbonyl (C=O) groups excluding carboxylic acids is 1. The van der Waals surface area contributed by atoms with E-state index < -0.39 is 0 Å². The molecule has 1 aliphatic rings. The number of anilines is 3. The molecular formula is C26H25N5O. The lowest BCUT2D eigenvalue weighted by Gasteiger charge is -2.35. The molecule has 0 atom stereocenters. The first-order chi connectivity index (χ1) is 15.7. The lowest BCUT2D eigenvalue weighted by Crippen LogP contribution is -2.49. The Morgan fingerprint density at radius 2 is 1.56 bits per heavy atom. The Bertz CT molecular complexity index is 1240. The molecule has 1 amide bonds. The molecule has 0 aliphatic carbocycles. The number of para-hydroxylation sites is 1. The van der Waals surface area contributed by atoms with Crippen LogP contribution in [0.25, 0.3) is 10.8 Å². The summed E-state index contributed by atoms with van der Waals surface area (Å²) < 4.78 is 0. The van der Waals surface area contributed by atoms with E-state index in [1.54, 1.807) is 0 Å². The molecule has 1 aliphatic heterocycles. The van der Waals surface area contributed by atoms with Crippen molar-refractivity contribution in [2.45, 2.75) is 6.92 Å². The summed E-state index contributed by atoms with van der Waals surface area (Å²) in [5, 5.41) is 5.44. The van der Waals surface area contributed by atoms with Crippen molar-refractivity contribution >= 4 is 34.1 Å². The van der Waals surface area contributed by atoms with Crippen LogP contribution >= 0.6 is 0 Å². The largest absolute Gasteiger partial charge is 0.340 e. The second-order valence-electron chi connectivity index (χ2n) is 7.99. The molecule has 6 heteroatoms. The fourth-order valence-electron chi connectivity index (χ4n) is 4.12. The van der Waals surface area contributed by atoms with Gasteiger partial charge in [-0.2, -0.15) is 4.98 Å². The van der Waals surface area contributed by atoms with Crippen LogP contribution in [0.15, 0.2) is 78.9 Å². The maximum atomic E-state index is 13.2. The molecule has 5 rings (SSSR count). The zero-order chi connectivity index (χ0) is 21.9. The van der Waals surface area contributed by atoms with Gasteiger partial charge in [-0.1, -0.05) is 54.6 Å². The first kappa shape index (κ1) is 20.0. The Kier molecular flexibility index (Phi) is 5.42. The summed E-state index contributed by atoms with van der Waals surface area (Å²) in [5.74, 6) is 1.55. The van der Waals surface area contributed by atoms with Gasteiger partial charge in [-0.3, -0.25) is 4.79 Å². The van der Waals surface area contributed by atoms with E-state index in [1.165, 1.54) is 0 Å². The zero-order valence-electron chi connectivity index (χ0n) is 18.0. The monoisotopic (exact) mass is 423 g/mol. The highest BCUT2D eigenvalue weighted by atomic mass is 16.2. The zero-order valence-corrected chi connectivity index (χ0v) is 18.0. The average Bonchev–Trinajstić information content (AvgIpc) is 2.83. The molecule has 6 nitrogen and oxygen atoms in total. The first-order valence-corrected chi connectivity index (χ1v) is 10.9. The summed E-state index contributed by atoms with van der Waals surface area (Å²) in [6.45, 7) is 4.65. The van der Waals surface area contributed by atoms with Crippen molar-refractivity contribution in [1.29, 1.82) is 0 Å². The molecule has 32 heavy (non-hydrogen) atoms. The number of nitrogens with zero attached hydrogens (tertiary/aromatic N) is 4. The Morgan fingerprint density at radius 3 is 2.38 bits per heavy atom. The fourth-order valence-corrected chi connectivity index (χ4v) is 4.12. The van der Waals surface area contributed by atoms with Crippen LogP contribution in [-0.2, 0) is 0 Å². The minimum absolute atomic E-state index is 0.0815. The average molecular weight is 424 g/mol. The number of amides is 1. The topological polar surface area (TPSA) is 61.4 Å². The fraction of sp³-hybridized carbons (Fsp3) is 0.192. The molecule has 0 unspecified atom stereocenters. The Labute approximate surface area is 187 Å². The van der Waals surface area contributed by atoms with Crippen molar-refractivity contribution in [3.8, 4) is 0 Å². The summed E-state index contributed by atoms with van der Waals surface area (Å²) in [4.78, 5) is 26.7. The Hall–Kier alpha value is -3.93. The molecule has 1 fully saturated rings. The molecule has 0 radical (unpaired) electrons. The van der Waals surface area contributed by atoms with Gasteiger partial charge in [-0.25, -0.2) is 4.98 Å². The van der Waals surface area contributed by atoms with E-state index in [1.807, 2.05) is 90.7 Å². The standard InChI is InChI=1S/C26H25N5O/c1-19-18-24(28-21-10-3-2-4-11-21)29-26(27-19)31-16-14-30(15-17-31)25(32)23-13-7-9-20-8-5-6-12-22(20)23/h2-13,18H,14-17H2,1H3,(H,27,28,29). The molecule has 1 N–H and O–H groups in total. The molecule has 3 aromatic carbocycles. The van der Waals surface area contributed by atoms with Gasteiger partial charge in [-0.05, 0) is 35.9 Å². The highest BCUT2D eigenvalue weighted by Gasteiger charge is 2.24. The van der Waals surface area contributed by atoms with Gasteiger partial charge in [0.15, 0.2) is 0 Å². The van der Waals surface area contributed by atoms with Gasteiger partial charge in [-0.15, -0.1) is 0 Å². The van der Waals surface area contributed by atoms with E-state index in [0.29, 0.717) is 32.1 Å². The van der Waals surface area contributed by atoms with Crippen molar-refractivity contribution in [2.75, 3.05) is 36.4 Å². The molecule has 0 spiro atoms. The molecular weight excluding hydrogens is 398 g/mol. The number of piperazine rings is 1. The number of rotatable bonds is 4. The Balaban J connectivity index is 1.30. The second kappa shape index (κ2) is 8.67. The lowest BCUT2D eigenvalue weighted by atomic mass is 10.0. The van der Waals surface area contributed by atoms with Gasteiger partial charge in [0.2, 0.25) is 5.95 Å². The SMILES string of the molecule is Cc1cc(Nc2ccccc2)nc(N2CCN(C(=O)c3cccc4ccccc34)CC2)n1. The molecule has 0 saturated carbocycles. The third kappa shape index (κ3) is 4.12. The van der Waals surface area contributed by atoms with Gasteiger partial charge < -0.3 is 15.1 Å². The van der Waals surface area contributed by atoms with E-state index in [2.05, 4.69) is 15.2 Å². The van der Waals surface area contributed by atoms with Gasteiger partial charge in [0, 0.05) is 49.2 Å². The normalized spacial score (nSPS) is 13.9. The summed E-state index contributed by atoms with van der Waals surface area (Å²) in [6, 6.07) is 25.9. The number of hydrogen-bond acceptors (Lipinski definition) is 5. The van der Waals surface area contributed by atoms with Crippen LogP contribution in [0.4, 0.5) is 17.5 Å². The van der Waals surface area contributed by atoms with Crippen LogP contribution in [-0.4, -0.2) is 47.0 Å². The van der Waals surface area contributed by atoms with Gasteiger partial charge in [0.25, 0.3) is 5.91 Å². The van der Waals surface area contributed by atoms with Crippen LogP contribution in [0.2, 0.25) is 0 Å². The predicted molar refractivity (Wildman–Crippen MR) is 129 cm³/mol. The van der Waals surface area contributed by atoms with E-state index >= 15 is 0 Å². The van der Waals surface area contributed by atoms with E-state index in [9.17, 15) is 4.79 Å². The van der Waals surface area contributed by atoms with Gasteiger partial charge in [0.1, 0.15) is 5.82 Å². The highest BCUT2D eigenvalue weighted by molar-refractivity contribution is 6.07. The molecule has 160 valence electrons. The van der Waals surface area contributed by atoms with E-state index in [0.717, 1.165) is 33.5 Å². The van der Waals surface area contributed by atoms with Gasteiger partial charge >= 0.3 is 0 Å². The van der Waals surface area contributed by atoms with Crippen LogP contribution in [0.5, 0.6) is 0 Å². The molecule has 0 bridgehead atoms. The van der Waals surface area contributed by atoms with Crippen molar-refractivity contribution in [3.63, 3.8) is 0 Å². The lowest BCUT2D eigenvalue weighted by molar-refractivity contribution is 0.0748. The van der Waals surface area contributed by atoms with Crippen molar-refractivity contribution < 1.29 is 4.79 Å². The second-order valence-corrected chi connectivity index (χ2v) is 7.99. The van der Waals surface area contributed by atoms with Crippen LogP contribution in [0.3, 0.4) is 0 Å². The van der Waals surface area contributed by atoms with Crippen molar-refractivity contribution in [1.82, 2.24) is 14.9 Å². The summed E-state index contributed by atoms with van der Waals surface area (Å²) >= 11 is 0. The minimum atomic E-state index is 0.0815. The molecule has 4 aromatic rings. The predicted octanol–water partition coefficient (Wildman–Crippen LogP) is 4.64. The van der Waals surface area contributed by atoms with E-state index in [-0.39, 0.29) is 5.91 Å². The van der Waals surface area contributed by atoms with Crippen molar-refractivity contribution in [2.24, 2.45) is 0 Å². The van der Waals surface area contributed by atoms with Crippen LogP contribution in [0, 0.1) is 6.92 Å². The maximum Gasteiger partial charge on any atom is 0.254 e. The van der Waals surface area contributed by atoms with Crippen molar-refractivity contribution in [3.05, 3.63) is 90.1 Å². The number of aromatic nitrogens is 2. The number of fused-ring (bicyclic) bond motifs is 1. The quantitative estimate of drug-likeness (QED) is 0.518. The number of carbonyl (C=O) groups is 1. The third-order valence-corrected chi connectivity index (χ3v) is 5.76. The molecule has 1 aromatic heterocycles. The number of benzene rings is 3. The highest BCUT2D eigenvalue weighted by Crippen LogP contribution is 2.22. The molecule has 2 heterocycles. The van der Waals surface area contributed by atoms with E-state index in [4.69, 9.17) is 4.98 Å². The maximum absolute atomic E-state index is 13.2. The summed E-state index contributed by atoms with van der Waals surface area (Å²) in [6.07, 6.45) is 0. The summed E-state index contributed by atoms with van der Waals surface area (Å²) in [7, 11) is 0. The van der Waals surface area contributed by atoms with Gasteiger partial charge in [0.05, 0.1) is 0 Å². The molecule has 1 saturated heterocycles. The minimum Gasteiger partial charge on any atom is -0.340 e. The smallest absolute Gasteiger partial charge is 0.254 e. The summed E-state index contributed by atoms with van der Waals surface area (Å²) in [5.41, 5.74) is 2.66. The third-order valence-electron chi connectivity index (χ3n) is 5.76.